The van der Waals surface area contributed by atoms with Crippen LogP contribution in [0.25, 0.3) is 0 Å². The molecule has 7 heteroatoms. The van der Waals surface area contributed by atoms with Crippen molar-refractivity contribution in [3.63, 3.8) is 0 Å². The average Bonchev–Trinajstić information content (AvgIpc) is 3.42. The van der Waals surface area contributed by atoms with Gasteiger partial charge in [-0.3, -0.25) is 0 Å². The smallest absolute Gasteiger partial charge is 0.281 e. The lowest BCUT2D eigenvalue weighted by Crippen LogP contribution is -2.63. The van der Waals surface area contributed by atoms with Crippen molar-refractivity contribution in [2.24, 2.45) is 11.8 Å². The van der Waals surface area contributed by atoms with E-state index in [1.807, 2.05) is 30.3 Å². The SMILES string of the molecule is [O-][C@](c1ccccc1)(c1noc(C[N+]23CCC(CC2)C(OCc2ccc(F)cc2)C3)n1)C1CCCCC1. The molecule has 4 heterocycles. The fourth-order valence-electron chi connectivity index (χ4n) is 6.92. The van der Waals surface area contributed by atoms with Gasteiger partial charge in [-0.2, -0.15) is 4.98 Å². The topological polar surface area (TPSA) is 71.2 Å². The maximum Gasteiger partial charge on any atom is 0.281 e. The first-order valence-electron chi connectivity index (χ1n) is 13.8. The third-order valence-electron chi connectivity index (χ3n) is 9.07. The van der Waals surface area contributed by atoms with Crippen LogP contribution in [0, 0.1) is 17.7 Å². The molecule has 1 aliphatic carbocycles. The molecule has 1 saturated carbocycles. The molecular formula is C30H36FN3O3. The molecule has 2 aromatic carbocycles. The molecule has 2 atom stereocenters. The summed E-state index contributed by atoms with van der Waals surface area (Å²) in [4.78, 5) is 4.78. The fourth-order valence-corrected chi connectivity index (χ4v) is 6.92. The summed E-state index contributed by atoms with van der Waals surface area (Å²) in [5.74, 6) is 1.13. The minimum absolute atomic E-state index is 0.0314. The van der Waals surface area contributed by atoms with Crippen molar-refractivity contribution < 1.29 is 23.2 Å². The van der Waals surface area contributed by atoms with Crippen LogP contribution in [0.3, 0.4) is 0 Å². The van der Waals surface area contributed by atoms with E-state index in [1.165, 1.54) is 18.6 Å². The van der Waals surface area contributed by atoms with Gasteiger partial charge in [-0.25, -0.2) is 4.39 Å². The van der Waals surface area contributed by atoms with Gasteiger partial charge in [0.15, 0.2) is 12.4 Å². The van der Waals surface area contributed by atoms with Gasteiger partial charge in [0, 0.05) is 18.8 Å². The maximum absolute atomic E-state index is 14.6. The molecule has 196 valence electrons. The lowest BCUT2D eigenvalue weighted by molar-refractivity contribution is -0.959. The molecule has 2 bridgehead atoms. The highest BCUT2D eigenvalue weighted by atomic mass is 19.1. The summed E-state index contributed by atoms with van der Waals surface area (Å²) in [5.41, 5.74) is 0.231. The van der Waals surface area contributed by atoms with E-state index >= 15 is 0 Å². The number of benzene rings is 2. The van der Waals surface area contributed by atoms with Gasteiger partial charge in [-0.15, -0.1) is 0 Å². The van der Waals surface area contributed by atoms with Crippen LogP contribution in [0.4, 0.5) is 4.39 Å². The number of rotatable bonds is 8. The largest absolute Gasteiger partial charge is 0.840 e. The first-order valence-corrected chi connectivity index (χ1v) is 13.8. The molecule has 1 aromatic heterocycles. The zero-order valence-electron chi connectivity index (χ0n) is 21.4. The van der Waals surface area contributed by atoms with Crippen LogP contribution in [-0.2, 0) is 23.5 Å². The fraction of sp³-hybridized carbons (Fsp3) is 0.533. The van der Waals surface area contributed by atoms with Crippen molar-refractivity contribution >= 4 is 0 Å². The highest BCUT2D eigenvalue weighted by molar-refractivity contribution is 5.29. The number of hydrogen-bond donors (Lipinski definition) is 0. The second kappa shape index (κ2) is 10.3. The molecule has 37 heavy (non-hydrogen) atoms. The molecule has 6 nitrogen and oxygen atoms in total. The van der Waals surface area contributed by atoms with Crippen molar-refractivity contribution in [2.45, 2.75) is 69.8 Å². The second-order valence-electron chi connectivity index (χ2n) is 11.4. The zero-order valence-corrected chi connectivity index (χ0v) is 21.4. The number of ether oxygens (including phenoxy) is 1. The third kappa shape index (κ3) is 4.97. The molecule has 0 spiro atoms. The molecule has 4 fully saturated rings. The first-order chi connectivity index (χ1) is 18.0. The Labute approximate surface area is 218 Å². The van der Waals surface area contributed by atoms with Gasteiger partial charge in [-0.1, -0.05) is 85.3 Å². The number of hydrogen-bond acceptors (Lipinski definition) is 5. The minimum Gasteiger partial charge on any atom is -0.840 e. The Morgan fingerprint density at radius 3 is 2.43 bits per heavy atom. The molecule has 3 aromatic rings. The van der Waals surface area contributed by atoms with Crippen LogP contribution < -0.4 is 5.11 Å². The monoisotopic (exact) mass is 505 g/mol. The van der Waals surface area contributed by atoms with Crippen LogP contribution in [0.5, 0.6) is 0 Å². The molecule has 3 aliphatic heterocycles. The number of piperidine rings is 3. The normalized spacial score (nSPS) is 27.7. The summed E-state index contributed by atoms with van der Waals surface area (Å²) < 4.78 is 26.3. The molecule has 4 aliphatic rings. The van der Waals surface area contributed by atoms with E-state index in [4.69, 9.17) is 14.2 Å². The Balaban J connectivity index is 1.19. The lowest BCUT2D eigenvalue weighted by atomic mass is 9.73. The van der Waals surface area contributed by atoms with Gasteiger partial charge in [0.2, 0.25) is 0 Å². The summed E-state index contributed by atoms with van der Waals surface area (Å²) in [6.07, 6.45) is 7.50. The summed E-state index contributed by atoms with van der Waals surface area (Å²) in [6.45, 7) is 4.13. The summed E-state index contributed by atoms with van der Waals surface area (Å²) in [5, 5.41) is 18.9. The van der Waals surface area contributed by atoms with Crippen LogP contribution in [0.15, 0.2) is 59.1 Å². The van der Waals surface area contributed by atoms with E-state index in [2.05, 4.69) is 5.16 Å². The molecule has 0 N–H and O–H groups in total. The van der Waals surface area contributed by atoms with Crippen molar-refractivity contribution in [1.29, 1.82) is 0 Å². The van der Waals surface area contributed by atoms with Crippen molar-refractivity contribution in [3.8, 4) is 0 Å². The number of fused-ring (bicyclic) bond motifs is 3. The first kappa shape index (κ1) is 24.7. The van der Waals surface area contributed by atoms with E-state index in [-0.39, 0.29) is 23.7 Å². The van der Waals surface area contributed by atoms with Crippen molar-refractivity contribution in [2.75, 3.05) is 19.6 Å². The molecule has 1 unspecified atom stereocenters. The summed E-state index contributed by atoms with van der Waals surface area (Å²) in [6, 6.07) is 16.2. The highest BCUT2D eigenvalue weighted by Gasteiger charge is 2.47. The number of aromatic nitrogens is 2. The summed E-state index contributed by atoms with van der Waals surface area (Å²) in [7, 11) is 0. The van der Waals surface area contributed by atoms with E-state index in [0.29, 0.717) is 25.0 Å². The van der Waals surface area contributed by atoms with Crippen LogP contribution in [-0.4, -0.2) is 40.4 Å². The predicted molar refractivity (Wildman–Crippen MR) is 134 cm³/mol. The Morgan fingerprint density at radius 1 is 0.973 bits per heavy atom. The van der Waals surface area contributed by atoms with Gasteiger partial charge in [-0.05, 0) is 29.2 Å². The number of quaternary nitrogens is 1. The predicted octanol–water partition coefficient (Wildman–Crippen LogP) is 4.72. The Kier molecular flexibility index (Phi) is 6.86. The minimum atomic E-state index is -1.49. The zero-order chi connectivity index (χ0) is 25.3. The molecule has 7 rings (SSSR count). The third-order valence-corrected chi connectivity index (χ3v) is 9.07. The second-order valence-corrected chi connectivity index (χ2v) is 11.4. The van der Waals surface area contributed by atoms with E-state index < -0.39 is 5.60 Å². The van der Waals surface area contributed by atoms with Crippen molar-refractivity contribution in [3.05, 3.63) is 83.3 Å². The van der Waals surface area contributed by atoms with E-state index in [9.17, 15) is 9.50 Å². The van der Waals surface area contributed by atoms with E-state index in [1.54, 1.807) is 12.1 Å². The Hall–Kier alpha value is -2.61. The average molecular weight is 506 g/mol. The molecule has 0 amide bonds. The van der Waals surface area contributed by atoms with Crippen LogP contribution in [0.2, 0.25) is 0 Å². The highest BCUT2D eigenvalue weighted by Crippen LogP contribution is 2.41. The van der Waals surface area contributed by atoms with Crippen LogP contribution >= 0.6 is 0 Å². The van der Waals surface area contributed by atoms with Gasteiger partial charge >= 0.3 is 0 Å². The van der Waals surface area contributed by atoms with Gasteiger partial charge in [0.1, 0.15) is 18.5 Å². The van der Waals surface area contributed by atoms with E-state index in [0.717, 1.165) is 73.8 Å². The maximum atomic E-state index is 14.6. The number of nitrogens with zero attached hydrogens (tertiary/aromatic N) is 3. The summed E-state index contributed by atoms with van der Waals surface area (Å²) >= 11 is 0. The molecular weight excluding hydrogens is 469 g/mol. The molecule has 3 saturated heterocycles. The van der Waals surface area contributed by atoms with Gasteiger partial charge in [0.05, 0.1) is 19.7 Å². The molecule has 0 radical (unpaired) electrons. The van der Waals surface area contributed by atoms with Gasteiger partial charge < -0.3 is 18.8 Å². The standard InChI is InChI=1S/C30H36FN3O3/c31-26-13-11-22(12-14-26)21-36-27-19-34(17-15-23(27)16-18-34)20-28-32-29(33-37-28)30(35,24-7-3-1-4-8-24)25-9-5-2-6-10-25/h1,3-4,7-8,11-14,23,25,27H,2,5-6,9-10,15-21H2/t23?,27?,30-,34?/m0/s1. The number of halogens is 1. The van der Waals surface area contributed by atoms with Crippen molar-refractivity contribution in [1.82, 2.24) is 10.1 Å². The van der Waals surface area contributed by atoms with Gasteiger partial charge in [0.25, 0.3) is 5.89 Å². The Morgan fingerprint density at radius 2 is 1.70 bits per heavy atom. The quantitative estimate of drug-likeness (QED) is 0.415. The van der Waals surface area contributed by atoms with Crippen LogP contribution in [0.1, 0.15) is 67.8 Å². The Bertz CT molecular complexity index is 1170. The lowest BCUT2D eigenvalue weighted by Gasteiger charge is -2.51.